The quantitative estimate of drug-likeness (QED) is 0.876. The van der Waals surface area contributed by atoms with Gasteiger partial charge in [0.25, 0.3) is 0 Å². The maximum atomic E-state index is 5.37. The predicted molar refractivity (Wildman–Crippen MR) is 70.5 cm³/mol. The Kier molecular flexibility index (Phi) is 3.28. The minimum absolute atomic E-state index is 0.844. The van der Waals surface area contributed by atoms with Crippen LogP contribution in [0.3, 0.4) is 0 Å². The number of nitrogens with zero attached hydrogens (tertiary/aromatic N) is 1. The van der Waals surface area contributed by atoms with Crippen molar-refractivity contribution in [1.82, 2.24) is 4.98 Å². The SMILES string of the molecule is CNc1cccc(-c2cc(C)ccc2OC)n1. The summed E-state index contributed by atoms with van der Waals surface area (Å²) in [5.74, 6) is 1.70. The van der Waals surface area contributed by atoms with Gasteiger partial charge < -0.3 is 10.1 Å². The number of nitrogens with one attached hydrogen (secondary N) is 1. The molecule has 88 valence electrons. The van der Waals surface area contributed by atoms with Crippen molar-refractivity contribution in [2.45, 2.75) is 6.92 Å². The Morgan fingerprint density at radius 1 is 1.18 bits per heavy atom. The van der Waals surface area contributed by atoms with Crippen molar-refractivity contribution in [3.8, 4) is 17.0 Å². The van der Waals surface area contributed by atoms with Crippen LogP contribution in [0.2, 0.25) is 0 Å². The van der Waals surface area contributed by atoms with Gasteiger partial charge >= 0.3 is 0 Å². The van der Waals surface area contributed by atoms with Gasteiger partial charge in [0.2, 0.25) is 0 Å². The Morgan fingerprint density at radius 3 is 2.71 bits per heavy atom. The largest absolute Gasteiger partial charge is 0.496 e. The maximum absolute atomic E-state index is 5.37. The molecule has 3 heteroatoms. The third-order valence-corrected chi connectivity index (χ3v) is 2.64. The van der Waals surface area contributed by atoms with Crippen molar-refractivity contribution < 1.29 is 4.74 Å². The van der Waals surface area contributed by atoms with Crippen LogP contribution in [0.5, 0.6) is 5.75 Å². The molecule has 1 aromatic carbocycles. The number of ether oxygens (including phenoxy) is 1. The highest BCUT2D eigenvalue weighted by Gasteiger charge is 2.07. The molecule has 1 N–H and O–H groups in total. The van der Waals surface area contributed by atoms with E-state index >= 15 is 0 Å². The van der Waals surface area contributed by atoms with E-state index in [1.807, 2.05) is 37.4 Å². The summed E-state index contributed by atoms with van der Waals surface area (Å²) in [5.41, 5.74) is 3.12. The lowest BCUT2D eigenvalue weighted by Gasteiger charge is -2.10. The molecule has 0 aliphatic heterocycles. The molecule has 0 aliphatic rings. The van der Waals surface area contributed by atoms with E-state index in [0.717, 1.165) is 22.8 Å². The van der Waals surface area contributed by atoms with Crippen LogP contribution in [-0.4, -0.2) is 19.1 Å². The van der Waals surface area contributed by atoms with Crippen LogP contribution < -0.4 is 10.1 Å². The first-order chi connectivity index (χ1) is 8.24. The molecule has 1 aromatic heterocycles. The second-order valence-electron chi connectivity index (χ2n) is 3.86. The summed E-state index contributed by atoms with van der Waals surface area (Å²) in [4.78, 5) is 4.52. The summed E-state index contributed by atoms with van der Waals surface area (Å²) in [6.07, 6.45) is 0. The topological polar surface area (TPSA) is 34.1 Å². The fraction of sp³-hybridized carbons (Fsp3) is 0.214. The fourth-order valence-corrected chi connectivity index (χ4v) is 1.75. The average Bonchev–Trinajstić information content (AvgIpc) is 2.39. The average molecular weight is 228 g/mol. The van der Waals surface area contributed by atoms with Crippen LogP contribution in [0.1, 0.15) is 5.56 Å². The number of rotatable bonds is 3. The lowest BCUT2D eigenvalue weighted by Crippen LogP contribution is -1.95. The molecule has 0 amide bonds. The van der Waals surface area contributed by atoms with Gasteiger partial charge in [-0.25, -0.2) is 4.98 Å². The highest BCUT2D eigenvalue weighted by Crippen LogP contribution is 2.29. The van der Waals surface area contributed by atoms with Gasteiger partial charge in [-0.05, 0) is 31.2 Å². The van der Waals surface area contributed by atoms with E-state index in [9.17, 15) is 0 Å². The van der Waals surface area contributed by atoms with Crippen molar-refractivity contribution in [2.24, 2.45) is 0 Å². The van der Waals surface area contributed by atoms with Gasteiger partial charge in [0, 0.05) is 12.6 Å². The van der Waals surface area contributed by atoms with Crippen LogP contribution >= 0.6 is 0 Å². The van der Waals surface area contributed by atoms with Crippen LogP contribution in [-0.2, 0) is 0 Å². The Hall–Kier alpha value is -2.03. The molecule has 1 heterocycles. The van der Waals surface area contributed by atoms with Crippen LogP contribution in [0.25, 0.3) is 11.3 Å². The number of pyridine rings is 1. The van der Waals surface area contributed by atoms with E-state index in [0.29, 0.717) is 0 Å². The van der Waals surface area contributed by atoms with Gasteiger partial charge in [-0.3, -0.25) is 0 Å². The van der Waals surface area contributed by atoms with Crippen LogP contribution in [0.15, 0.2) is 36.4 Å². The number of aromatic nitrogens is 1. The molecule has 0 fully saturated rings. The number of hydrogen-bond donors (Lipinski definition) is 1. The van der Waals surface area contributed by atoms with Crippen molar-refractivity contribution in [1.29, 1.82) is 0 Å². The van der Waals surface area contributed by atoms with E-state index in [2.05, 4.69) is 23.3 Å². The van der Waals surface area contributed by atoms with Crippen molar-refractivity contribution in [2.75, 3.05) is 19.5 Å². The fourth-order valence-electron chi connectivity index (χ4n) is 1.75. The summed E-state index contributed by atoms with van der Waals surface area (Å²) >= 11 is 0. The van der Waals surface area contributed by atoms with Crippen molar-refractivity contribution in [3.63, 3.8) is 0 Å². The summed E-state index contributed by atoms with van der Waals surface area (Å²) in [6.45, 7) is 2.06. The Labute approximate surface area is 101 Å². The van der Waals surface area contributed by atoms with Crippen molar-refractivity contribution >= 4 is 5.82 Å². The Bertz CT molecular complexity index is 523. The standard InChI is InChI=1S/C14H16N2O/c1-10-7-8-13(17-3)11(9-10)12-5-4-6-14(15-2)16-12/h4-9H,1-3H3,(H,15,16). The first-order valence-electron chi connectivity index (χ1n) is 5.54. The Morgan fingerprint density at radius 2 is 2.00 bits per heavy atom. The molecule has 0 atom stereocenters. The Balaban J connectivity index is 2.54. The number of anilines is 1. The molecule has 2 aromatic rings. The maximum Gasteiger partial charge on any atom is 0.128 e. The summed E-state index contributed by atoms with van der Waals surface area (Å²) in [7, 11) is 3.54. The van der Waals surface area contributed by atoms with E-state index in [-0.39, 0.29) is 0 Å². The molecular weight excluding hydrogens is 212 g/mol. The number of aryl methyl sites for hydroxylation is 1. The molecule has 2 rings (SSSR count). The third-order valence-electron chi connectivity index (χ3n) is 2.64. The summed E-state index contributed by atoms with van der Waals surface area (Å²) in [6, 6.07) is 12.0. The van der Waals surface area contributed by atoms with Gasteiger partial charge in [-0.15, -0.1) is 0 Å². The molecule has 0 unspecified atom stereocenters. The van der Waals surface area contributed by atoms with E-state index < -0.39 is 0 Å². The molecular formula is C14H16N2O. The first-order valence-corrected chi connectivity index (χ1v) is 5.54. The van der Waals surface area contributed by atoms with E-state index in [4.69, 9.17) is 4.74 Å². The van der Waals surface area contributed by atoms with Gasteiger partial charge in [0.15, 0.2) is 0 Å². The van der Waals surface area contributed by atoms with Gasteiger partial charge in [-0.1, -0.05) is 17.7 Å². The predicted octanol–water partition coefficient (Wildman–Crippen LogP) is 3.11. The van der Waals surface area contributed by atoms with E-state index in [1.54, 1.807) is 7.11 Å². The number of methoxy groups -OCH3 is 1. The molecule has 0 aliphatic carbocycles. The highest BCUT2D eigenvalue weighted by atomic mass is 16.5. The molecule has 0 saturated carbocycles. The molecule has 0 saturated heterocycles. The van der Waals surface area contributed by atoms with Gasteiger partial charge in [0.1, 0.15) is 11.6 Å². The zero-order valence-electron chi connectivity index (χ0n) is 10.3. The minimum Gasteiger partial charge on any atom is -0.496 e. The zero-order valence-corrected chi connectivity index (χ0v) is 10.3. The van der Waals surface area contributed by atoms with Crippen molar-refractivity contribution in [3.05, 3.63) is 42.0 Å². The minimum atomic E-state index is 0.844. The zero-order chi connectivity index (χ0) is 12.3. The smallest absolute Gasteiger partial charge is 0.128 e. The molecule has 3 nitrogen and oxygen atoms in total. The lowest BCUT2D eigenvalue weighted by molar-refractivity contribution is 0.416. The summed E-state index contributed by atoms with van der Waals surface area (Å²) < 4.78 is 5.37. The third kappa shape index (κ3) is 2.38. The normalized spacial score (nSPS) is 10.1. The second kappa shape index (κ2) is 4.87. The van der Waals surface area contributed by atoms with Crippen LogP contribution in [0.4, 0.5) is 5.82 Å². The molecule has 0 radical (unpaired) electrons. The molecule has 0 spiro atoms. The number of benzene rings is 1. The highest BCUT2D eigenvalue weighted by molar-refractivity contribution is 5.69. The van der Waals surface area contributed by atoms with Gasteiger partial charge in [0.05, 0.1) is 12.8 Å². The molecule has 17 heavy (non-hydrogen) atoms. The first kappa shape index (κ1) is 11.5. The number of hydrogen-bond acceptors (Lipinski definition) is 3. The second-order valence-corrected chi connectivity index (χ2v) is 3.86. The van der Waals surface area contributed by atoms with Gasteiger partial charge in [-0.2, -0.15) is 0 Å². The van der Waals surface area contributed by atoms with Crippen LogP contribution in [0, 0.1) is 6.92 Å². The summed E-state index contributed by atoms with van der Waals surface area (Å²) in [5, 5.41) is 3.04. The molecule has 0 bridgehead atoms. The monoisotopic (exact) mass is 228 g/mol. The van der Waals surface area contributed by atoms with E-state index in [1.165, 1.54) is 5.56 Å². The lowest BCUT2D eigenvalue weighted by atomic mass is 10.1.